The molecule has 2 N–H and O–H groups in total. The van der Waals surface area contributed by atoms with Gasteiger partial charge >= 0.3 is 11.9 Å². The first kappa shape index (κ1) is 45.1. The van der Waals surface area contributed by atoms with Gasteiger partial charge in [-0.2, -0.15) is 0 Å². The summed E-state index contributed by atoms with van der Waals surface area (Å²) in [7, 11) is 0. The van der Waals surface area contributed by atoms with Crippen LogP contribution in [-0.2, 0) is 9.59 Å². The van der Waals surface area contributed by atoms with Gasteiger partial charge in [-0.05, 0) is 19.3 Å². The van der Waals surface area contributed by atoms with Crippen molar-refractivity contribution in [2.75, 3.05) is 0 Å². The van der Waals surface area contributed by atoms with Crippen molar-refractivity contribution in [3.63, 3.8) is 0 Å². The van der Waals surface area contributed by atoms with Crippen molar-refractivity contribution in [1.29, 1.82) is 0 Å². The Morgan fingerprint density at radius 1 is 0.386 bits per heavy atom. The Morgan fingerprint density at radius 2 is 0.636 bits per heavy atom. The summed E-state index contributed by atoms with van der Waals surface area (Å²) in [5.74, 6) is -1.38. The van der Waals surface area contributed by atoms with Crippen LogP contribution in [0.4, 0.5) is 0 Å². The van der Waals surface area contributed by atoms with Crippen LogP contribution in [0, 0.1) is 5.92 Å². The summed E-state index contributed by atoms with van der Waals surface area (Å²) in [6, 6.07) is 0. The van der Waals surface area contributed by atoms with Gasteiger partial charge in [0.25, 0.3) is 0 Å². The van der Waals surface area contributed by atoms with Gasteiger partial charge in [-0.1, -0.05) is 213 Å². The Balaban J connectivity index is 0. The number of carbonyl (C=O) groups is 2. The summed E-state index contributed by atoms with van der Waals surface area (Å²) in [4.78, 5) is 21.2. The molecular formula is C40H80O4. The fourth-order valence-corrected chi connectivity index (χ4v) is 6.09. The molecule has 4 nitrogen and oxygen atoms in total. The van der Waals surface area contributed by atoms with E-state index in [4.69, 9.17) is 10.2 Å². The Labute approximate surface area is 276 Å². The Bertz CT molecular complexity index is 562. The number of hydrogen-bond donors (Lipinski definition) is 2. The molecule has 0 aliphatic rings. The lowest BCUT2D eigenvalue weighted by Crippen LogP contribution is -2.12. The van der Waals surface area contributed by atoms with Crippen molar-refractivity contribution in [3.8, 4) is 0 Å². The maximum Gasteiger partial charge on any atom is 0.306 e. The molecule has 0 rings (SSSR count). The van der Waals surface area contributed by atoms with Crippen molar-refractivity contribution in [2.24, 2.45) is 5.92 Å². The van der Waals surface area contributed by atoms with Gasteiger partial charge in [0.05, 0.1) is 5.92 Å². The highest BCUT2D eigenvalue weighted by Gasteiger charge is 2.13. The van der Waals surface area contributed by atoms with Gasteiger partial charge in [-0.15, -0.1) is 0 Å². The SMILES string of the molecule is CCCCCCCCCCCCC(CC)C(=O)O.CCCCCCCCCCCCCCCCCCCCCCCC(=O)O. The molecule has 264 valence electrons. The fourth-order valence-electron chi connectivity index (χ4n) is 6.09. The molecule has 0 aromatic rings. The summed E-state index contributed by atoms with van der Waals surface area (Å²) >= 11 is 0. The van der Waals surface area contributed by atoms with Crippen LogP contribution in [-0.4, -0.2) is 22.2 Å². The minimum atomic E-state index is -0.650. The van der Waals surface area contributed by atoms with Crippen LogP contribution >= 0.6 is 0 Å². The maximum atomic E-state index is 10.8. The normalized spacial score (nSPS) is 11.7. The van der Waals surface area contributed by atoms with Crippen molar-refractivity contribution in [1.82, 2.24) is 0 Å². The van der Waals surface area contributed by atoms with Gasteiger partial charge in [0.15, 0.2) is 0 Å². The summed E-state index contributed by atoms with van der Waals surface area (Å²) < 4.78 is 0. The molecule has 0 spiro atoms. The number of aliphatic carboxylic acids is 2. The van der Waals surface area contributed by atoms with Gasteiger partial charge in [0, 0.05) is 6.42 Å². The first-order valence-corrected chi connectivity index (χ1v) is 19.9. The second kappa shape index (κ2) is 40.0. The predicted octanol–water partition coefficient (Wildman–Crippen LogP) is 14.1. The molecule has 0 saturated carbocycles. The van der Waals surface area contributed by atoms with Gasteiger partial charge < -0.3 is 10.2 Å². The highest BCUT2D eigenvalue weighted by molar-refractivity contribution is 5.69. The zero-order chi connectivity index (χ0) is 32.8. The molecule has 0 bridgehead atoms. The fraction of sp³-hybridized carbons (Fsp3) is 0.950. The monoisotopic (exact) mass is 625 g/mol. The van der Waals surface area contributed by atoms with Crippen LogP contribution in [0.3, 0.4) is 0 Å². The third kappa shape index (κ3) is 40.9. The van der Waals surface area contributed by atoms with Crippen molar-refractivity contribution in [2.45, 2.75) is 239 Å². The maximum absolute atomic E-state index is 10.8. The topological polar surface area (TPSA) is 74.6 Å². The average Bonchev–Trinajstić information content (AvgIpc) is 3.00. The van der Waals surface area contributed by atoms with Gasteiger partial charge in [0.1, 0.15) is 0 Å². The second-order valence-electron chi connectivity index (χ2n) is 13.6. The molecule has 0 amide bonds. The summed E-state index contributed by atoms with van der Waals surface area (Å²) in [6.45, 7) is 6.51. The second-order valence-corrected chi connectivity index (χ2v) is 13.6. The van der Waals surface area contributed by atoms with Crippen molar-refractivity contribution < 1.29 is 19.8 Å². The lowest BCUT2D eigenvalue weighted by atomic mass is 9.98. The highest BCUT2D eigenvalue weighted by Crippen LogP contribution is 2.17. The standard InChI is InChI=1S/C24H48O2.C16H32O2/c1-2-3-4-5-6-7-8-9-10-11-12-13-14-15-16-17-18-19-20-21-22-23-24(25)26;1-3-5-6-7-8-9-10-11-12-13-14-15(4-2)16(17)18/h2-23H2,1H3,(H,25,26);15H,3-14H2,1-2H3,(H,17,18). The number of hydrogen-bond acceptors (Lipinski definition) is 2. The minimum absolute atomic E-state index is 0.112. The lowest BCUT2D eigenvalue weighted by Gasteiger charge is -2.08. The van der Waals surface area contributed by atoms with E-state index in [2.05, 4.69) is 13.8 Å². The molecule has 44 heavy (non-hydrogen) atoms. The molecule has 0 aliphatic carbocycles. The predicted molar refractivity (Wildman–Crippen MR) is 193 cm³/mol. The van der Waals surface area contributed by atoms with E-state index in [1.807, 2.05) is 6.92 Å². The summed E-state index contributed by atoms with van der Waals surface area (Å²) in [5.41, 5.74) is 0. The Hall–Kier alpha value is -1.06. The highest BCUT2D eigenvalue weighted by atomic mass is 16.4. The van der Waals surface area contributed by atoms with Crippen LogP contribution in [0.2, 0.25) is 0 Å². The summed E-state index contributed by atoms with van der Waals surface area (Å²) in [5, 5.41) is 17.5. The third-order valence-corrected chi connectivity index (χ3v) is 9.24. The van der Waals surface area contributed by atoms with Gasteiger partial charge in [-0.3, -0.25) is 9.59 Å². The molecular weight excluding hydrogens is 544 g/mol. The van der Waals surface area contributed by atoms with Crippen LogP contribution < -0.4 is 0 Å². The van der Waals surface area contributed by atoms with E-state index < -0.39 is 11.9 Å². The molecule has 1 unspecified atom stereocenters. The molecule has 0 saturated heterocycles. The molecule has 0 aliphatic heterocycles. The number of carboxylic acid groups (broad SMARTS) is 2. The van der Waals surface area contributed by atoms with E-state index in [1.54, 1.807) is 0 Å². The lowest BCUT2D eigenvalue weighted by molar-refractivity contribution is -0.142. The molecule has 0 heterocycles. The number of carboxylic acids is 2. The van der Waals surface area contributed by atoms with Crippen LogP contribution in [0.15, 0.2) is 0 Å². The van der Waals surface area contributed by atoms with Gasteiger partial charge in [-0.25, -0.2) is 0 Å². The minimum Gasteiger partial charge on any atom is -0.481 e. The van der Waals surface area contributed by atoms with Crippen LogP contribution in [0.25, 0.3) is 0 Å². The van der Waals surface area contributed by atoms with E-state index >= 15 is 0 Å². The van der Waals surface area contributed by atoms with Crippen molar-refractivity contribution >= 4 is 11.9 Å². The zero-order valence-corrected chi connectivity index (χ0v) is 30.3. The molecule has 0 radical (unpaired) electrons. The quantitative estimate of drug-likeness (QED) is 0.0688. The number of rotatable bonds is 35. The molecule has 0 aromatic heterocycles. The van der Waals surface area contributed by atoms with E-state index in [1.165, 1.54) is 180 Å². The van der Waals surface area contributed by atoms with Crippen LogP contribution in [0.1, 0.15) is 239 Å². The molecule has 0 aromatic carbocycles. The van der Waals surface area contributed by atoms with E-state index in [9.17, 15) is 9.59 Å². The van der Waals surface area contributed by atoms with E-state index in [0.717, 1.165) is 32.1 Å². The van der Waals surface area contributed by atoms with E-state index in [-0.39, 0.29) is 5.92 Å². The smallest absolute Gasteiger partial charge is 0.306 e. The first-order chi connectivity index (χ1) is 21.5. The first-order valence-electron chi connectivity index (χ1n) is 19.9. The summed E-state index contributed by atoms with van der Waals surface area (Å²) in [6.07, 6.45) is 43.8. The van der Waals surface area contributed by atoms with E-state index in [0.29, 0.717) is 6.42 Å². The number of unbranched alkanes of at least 4 members (excludes halogenated alkanes) is 29. The van der Waals surface area contributed by atoms with Crippen LogP contribution in [0.5, 0.6) is 0 Å². The third-order valence-electron chi connectivity index (χ3n) is 9.24. The van der Waals surface area contributed by atoms with Gasteiger partial charge in [0.2, 0.25) is 0 Å². The zero-order valence-electron chi connectivity index (χ0n) is 30.3. The largest absolute Gasteiger partial charge is 0.481 e. The molecule has 0 fully saturated rings. The molecule has 1 atom stereocenters. The average molecular weight is 625 g/mol. The van der Waals surface area contributed by atoms with Crippen molar-refractivity contribution in [3.05, 3.63) is 0 Å². The Morgan fingerprint density at radius 3 is 0.864 bits per heavy atom. The molecule has 4 heteroatoms. The Kier molecular flexibility index (Phi) is 40.9.